The second-order valence-corrected chi connectivity index (χ2v) is 4.34. The van der Waals surface area contributed by atoms with Crippen LogP contribution < -0.4 is 0 Å². The van der Waals surface area contributed by atoms with Crippen molar-refractivity contribution in [1.82, 2.24) is 9.78 Å². The lowest BCUT2D eigenvalue weighted by molar-refractivity contribution is 0.128. The van der Waals surface area contributed by atoms with Crippen LogP contribution in [0.25, 0.3) is 0 Å². The van der Waals surface area contributed by atoms with Gasteiger partial charge in [0.25, 0.3) is 0 Å². The van der Waals surface area contributed by atoms with Crippen molar-refractivity contribution in [2.45, 2.75) is 58.1 Å². The van der Waals surface area contributed by atoms with Crippen LogP contribution in [0.5, 0.6) is 0 Å². The van der Waals surface area contributed by atoms with Crippen LogP contribution in [0.2, 0.25) is 0 Å². The van der Waals surface area contributed by atoms with Gasteiger partial charge >= 0.3 is 0 Å². The summed E-state index contributed by atoms with van der Waals surface area (Å²) in [4.78, 5) is 0. The molecule has 0 amide bonds. The number of aliphatic hydroxyl groups excluding tert-OH is 1. The third-order valence-corrected chi connectivity index (χ3v) is 3.35. The zero-order valence-corrected chi connectivity index (χ0v) is 9.61. The van der Waals surface area contributed by atoms with Crippen molar-refractivity contribution in [2.24, 2.45) is 0 Å². The molecule has 1 saturated carbocycles. The van der Waals surface area contributed by atoms with Gasteiger partial charge in [0.15, 0.2) is 0 Å². The summed E-state index contributed by atoms with van der Waals surface area (Å²) in [5.74, 6) is 0. The van der Waals surface area contributed by atoms with E-state index >= 15 is 0 Å². The molecule has 1 N–H and O–H groups in total. The van der Waals surface area contributed by atoms with Gasteiger partial charge in [0.05, 0.1) is 17.8 Å². The molecule has 0 aromatic carbocycles. The third kappa shape index (κ3) is 1.93. The van der Waals surface area contributed by atoms with E-state index in [-0.39, 0.29) is 12.1 Å². The van der Waals surface area contributed by atoms with E-state index in [0.29, 0.717) is 0 Å². The van der Waals surface area contributed by atoms with Crippen LogP contribution in [0.3, 0.4) is 0 Å². The lowest BCUT2D eigenvalue weighted by atomic mass is 10.2. The molecule has 0 aliphatic heterocycles. The SMILES string of the molecule is CCc1cc(CC)n([C@H]2CCC[C@@H]2O)n1. The summed E-state index contributed by atoms with van der Waals surface area (Å²) in [6.07, 6.45) is 4.89. The second-order valence-electron chi connectivity index (χ2n) is 4.34. The second kappa shape index (κ2) is 4.35. The van der Waals surface area contributed by atoms with Gasteiger partial charge in [0.1, 0.15) is 0 Å². The lowest BCUT2D eigenvalue weighted by Gasteiger charge is -2.17. The van der Waals surface area contributed by atoms with Crippen LogP contribution in [0.1, 0.15) is 50.5 Å². The fraction of sp³-hybridized carbons (Fsp3) is 0.750. The highest BCUT2D eigenvalue weighted by Crippen LogP contribution is 2.31. The number of hydrogen-bond donors (Lipinski definition) is 1. The Labute approximate surface area is 91.1 Å². The first-order valence-electron chi connectivity index (χ1n) is 6.01. The highest BCUT2D eigenvalue weighted by molar-refractivity contribution is 5.12. The Morgan fingerprint density at radius 3 is 2.73 bits per heavy atom. The van der Waals surface area contributed by atoms with Crippen molar-refractivity contribution in [3.8, 4) is 0 Å². The Kier molecular flexibility index (Phi) is 3.10. The Morgan fingerprint density at radius 1 is 1.40 bits per heavy atom. The van der Waals surface area contributed by atoms with Crippen LogP contribution >= 0.6 is 0 Å². The Balaban J connectivity index is 2.29. The van der Waals surface area contributed by atoms with Crippen molar-refractivity contribution in [2.75, 3.05) is 0 Å². The van der Waals surface area contributed by atoms with E-state index in [1.54, 1.807) is 0 Å². The maximum atomic E-state index is 9.88. The summed E-state index contributed by atoms with van der Waals surface area (Å²) in [6.45, 7) is 4.27. The van der Waals surface area contributed by atoms with Crippen molar-refractivity contribution >= 4 is 0 Å². The molecular weight excluding hydrogens is 188 g/mol. The fourth-order valence-corrected chi connectivity index (χ4v) is 2.42. The highest BCUT2D eigenvalue weighted by Gasteiger charge is 2.28. The van der Waals surface area contributed by atoms with Gasteiger partial charge in [0.2, 0.25) is 0 Å². The Bertz CT molecular complexity index is 332. The third-order valence-electron chi connectivity index (χ3n) is 3.35. The Hall–Kier alpha value is -0.830. The maximum absolute atomic E-state index is 9.88. The normalized spacial score (nSPS) is 26.1. The van der Waals surface area contributed by atoms with E-state index in [4.69, 9.17) is 0 Å². The van der Waals surface area contributed by atoms with Crippen molar-refractivity contribution in [3.63, 3.8) is 0 Å². The zero-order valence-electron chi connectivity index (χ0n) is 9.61. The molecule has 0 spiro atoms. The molecule has 3 nitrogen and oxygen atoms in total. The molecule has 0 saturated heterocycles. The summed E-state index contributed by atoms with van der Waals surface area (Å²) < 4.78 is 2.07. The maximum Gasteiger partial charge on any atom is 0.0781 e. The first-order chi connectivity index (χ1) is 7.26. The first-order valence-corrected chi connectivity index (χ1v) is 6.01. The average Bonchev–Trinajstić information content (AvgIpc) is 2.82. The van der Waals surface area contributed by atoms with Gasteiger partial charge in [0, 0.05) is 5.69 Å². The number of aliphatic hydroxyl groups is 1. The van der Waals surface area contributed by atoms with Crippen LogP contribution in [0, 0.1) is 0 Å². The summed E-state index contributed by atoms with van der Waals surface area (Å²) in [5.41, 5.74) is 2.41. The minimum Gasteiger partial charge on any atom is -0.391 e. The largest absolute Gasteiger partial charge is 0.391 e. The predicted octanol–water partition coefficient (Wildman–Crippen LogP) is 2.09. The van der Waals surface area contributed by atoms with E-state index in [2.05, 4.69) is 29.7 Å². The van der Waals surface area contributed by atoms with Crippen molar-refractivity contribution < 1.29 is 5.11 Å². The molecule has 0 unspecified atom stereocenters. The van der Waals surface area contributed by atoms with Gasteiger partial charge in [-0.05, 0) is 38.2 Å². The van der Waals surface area contributed by atoms with Gasteiger partial charge in [-0.2, -0.15) is 5.10 Å². The Morgan fingerprint density at radius 2 is 2.20 bits per heavy atom. The molecule has 0 bridgehead atoms. The van der Waals surface area contributed by atoms with Gasteiger partial charge in [-0.1, -0.05) is 13.8 Å². The molecule has 1 aliphatic carbocycles. The molecule has 2 atom stereocenters. The summed E-state index contributed by atoms with van der Waals surface area (Å²) in [7, 11) is 0. The number of rotatable bonds is 3. The quantitative estimate of drug-likeness (QED) is 0.826. The monoisotopic (exact) mass is 208 g/mol. The van der Waals surface area contributed by atoms with Crippen LogP contribution in [-0.4, -0.2) is 21.0 Å². The molecule has 3 heteroatoms. The van der Waals surface area contributed by atoms with E-state index in [0.717, 1.165) is 37.8 Å². The van der Waals surface area contributed by atoms with E-state index < -0.39 is 0 Å². The zero-order chi connectivity index (χ0) is 10.8. The molecule has 1 aliphatic rings. The topological polar surface area (TPSA) is 38.0 Å². The summed E-state index contributed by atoms with van der Waals surface area (Å²) >= 11 is 0. The van der Waals surface area contributed by atoms with Gasteiger partial charge in [-0.15, -0.1) is 0 Å². The number of aromatic nitrogens is 2. The number of nitrogens with zero attached hydrogens (tertiary/aromatic N) is 2. The molecule has 1 heterocycles. The fourth-order valence-electron chi connectivity index (χ4n) is 2.42. The molecule has 1 aromatic heterocycles. The molecule has 84 valence electrons. The first kappa shape index (κ1) is 10.7. The smallest absolute Gasteiger partial charge is 0.0781 e. The molecule has 0 radical (unpaired) electrons. The minimum atomic E-state index is -0.195. The van der Waals surface area contributed by atoms with E-state index in [1.807, 2.05) is 0 Å². The molecule has 15 heavy (non-hydrogen) atoms. The van der Waals surface area contributed by atoms with Crippen LogP contribution in [0.4, 0.5) is 0 Å². The van der Waals surface area contributed by atoms with E-state index in [9.17, 15) is 5.11 Å². The molecular formula is C12H20N2O. The van der Waals surface area contributed by atoms with Crippen LogP contribution in [0.15, 0.2) is 6.07 Å². The standard InChI is InChI=1S/C12H20N2O/c1-3-9-8-10(4-2)14(13-9)11-6-5-7-12(11)15/h8,11-12,15H,3-7H2,1-2H3/t11-,12-/m0/s1. The van der Waals surface area contributed by atoms with Crippen LogP contribution in [-0.2, 0) is 12.8 Å². The molecule has 1 fully saturated rings. The summed E-state index contributed by atoms with van der Waals surface area (Å²) in [6, 6.07) is 2.39. The van der Waals surface area contributed by atoms with Gasteiger partial charge < -0.3 is 5.11 Å². The number of hydrogen-bond acceptors (Lipinski definition) is 2. The number of aryl methyl sites for hydroxylation is 2. The summed E-state index contributed by atoms with van der Waals surface area (Å²) in [5, 5.41) is 14.5. The minimum absolute atomic E-state index is 0.195. The highest BCUT2D eigenvalue weighted by atomic mass is 16.3. The predicted molar refractivity (Wildman–Crippen MR) is 59.9 cm³/mol. The van der Waals surface area contributed by atoms with E-state index in [1.165, 1.54) is 5.69 Å². The van der Waals surface area contributed by atoms with Crippen molar-refractivity contribution in [3.05, 3.63) is 17.5 Å². The van der Waals surface area contributed by atoms with Gasteiger partial charge in [-0.3, -0.25) is 4.68 Å². The molecule has 2 rings (SSSR count). The van der Waals surface area contributed by atoms with Gasteiger partial charge in [-0.25, -0.2) is 0 Å². The average molecular weight is 208 g/mol. The van der Waals surface area contributed by atoms with Crippen molar-refractivity contribution in [1.29, 1.82) is 0 Å². The lowest BCUT2D eigenvalue weighted by Crippen LogP contribution is -2.21. The molecule has 1 aromatic rings.